The van der Waals surface area contributed by atoms with Gasteiger partial charge in [0.05, 0.1) is 11.6 Å². The van der Waals surface area contributed by atoms with Crippen molar-refractivity contribution in [1.29, 1.82) is 0 Å². The van der Waals surface area contributed by atoms with E-state index in [4.69, 9.17) is 0 Å². The second kappa shape index (κ2) is 7.78. The number of hydrogen-bond acceptors (Lipinski definition) is 4. The smallest absolute Gasteiger partial charge is 0.255 e. The highest BCUT2D eigenvalue weighted by Crippen LogP contribution is 2.35. The number of hydrazine groups is 1. The molecule has 0 spiro atoms. The van der Waals surface area contributed by atoms with E-state index in [9.17, 15) is 4.79 Å². The van der Waals surface area contributed by atoms with E-state index in [2.05, 4.69) is 64.4 Å². The summed E-state index contributed by atoms with van der Waals surface area (Å²) in [6, 6.07) is 23.4. The summed E-state index contributed by atoms with van der Waals surface area (Å²) < 4.78 is 0. The third kappa shape index (κ3) is 3.55. The maximum Gasteiger partial charge on any atom is 0.255 e. The molecule has 0 saturated carbocycles. The number of hydrogen-bond donors (Lipinski definition) is 2. The molecule has 2 aliphatic rings. The summed E-state index contributed by atoms with van der Waals surface area (Å²) in [6.45, 7) is 1.51. The third-order valence-electron chi connectivity index (χ3n) is 6.08. The molecule has 3 aromatic rings. The number of likely N-dealkylation sites (tertiary alicyclic amines) is 1. The minimum Gasteiger partial charge on any atom is -0.338 e. The first kappa shape index (κ1) is 18.0. The topological polar surface area (TPSA) is 57.3 Å². The standard InChI is InChI=1S/C24H24N4O/c29-24(20-7-4-13-25-15-20)28-14-12-22-21(16-28)23(27-26-22)19-10-8-18(9-11-19)17-5-2-1-3-6-17/h1-11,13,15,21-23,26-27H,12,14,16H2. The van der Waals surface area contributed by atoms with Crippen LogP contribution in [0.4, 0.5) is 0 Å². The third-order valence-corrected chi connectivity index (χ3v) is 6.08. The number of nitrogens with one attached hydrogen (secondary N) is 2. The second-order valence-electron chi connectivity index (χ2n) is 7.81. The van der Waals surface area contributed by atoms with E-state index in [-0.39, 0.29) is 11.9 Å². The van der Waals surface area contributed by atoms with E-state index in [1.807, 2.05) is 23.1 Å². The molecule has 2 fully saturated rings. The van der Waals surface area contributed by atoms with Crippen LogP contribution in [0.5, 0.6) is 0 Å². The summed E-state index contributed by atoms with van der Waals surface area (Å²) >= 11 is 0. The van der Waals surface area contributed by atoms with Crippen LogP contribution in [-0.2, 0) is 0 Å². The van der Waals surface area contributed by atoms with E-state index in [1.54, 1.807) is 12.4 Å². The van der Waals surface area contributed by atoms with E-state index in [0.717, 1.165) is 19.5 Å². The number of benzene rings is 2. The lowest BCUT2D eigenvalue weighted by Gasteiger charge is -2.36. The van der Waals surface area contributed by atoms with Crippen molar-refractivity contribution < 1.29 is 4.79 Å². The summed E-state index contributed by atoms with van der Waals surface area (Å²) in [7, 11) is 0. The minimum atomic E-state index is 0.0709. The Bertz CT molecular complexity index is 975. The zero-order valence-electron chi connectivity index (χ0n) is 16.2. The van der Waals surface area contributed by atoms with E-state index in [0.29, 0.717) is 17.5 Å². The Balaban J connectivity index is 1.33. The number of fused-ring (bicyclic) bond motifs is 1. The molecule has 2 aliphatic heterocycles. The van der Waals surface area contributed by atoms with Crippen LogP contribution in [0.2, 0.25) is 0 Å². The molecule has 3 heterocycles. The molecular weight excluding hydrogens is 360 g/mol. The first-order chi connectivity index (χ1) is 14.3. The molecular formula is C24H24N4O. The zero-order valence-corrected chi connectivity index (χ0v) is 16.2. The van der Waals surface area contributed by atoms with E-state index >= 15 is 0 Å². The van der Waals surface area contributed by atoms with Gasteiger partial charge in [-0.15, -0.1) is 0 Å². The molecule has 3 atom stereocenters. The molecule has 146 valence electrons. The van der Waals surface area contributed by atoms with Crippen LogP contribution in [0.3, 0.4) is 0 Å². The molecule has 0 aliphatic carbocycles. The van der Waals surface area contributed by atoms with E-state index < -0.39 is 0 Å². The summed E-state index contributed by atoms with van der Waals surface area (Å²) in [4.78, 5) is 18.9. The van der Waals surface area contributed by atoms with Crippen LogP contribution in [0.1, 0.15) is 28.4 Å². The van der Waals surface area contributed by atoms with Gasteiger partial charge in [-0.1, -0.05) is 54.6 Å². The molecule has 5 heteroatoms. The highest BCUT2D eigenvalue weighted by atomic mass is 16.2. The van der Waals surface area contributed by atoms with Crippen molar-refractivity contribution in [1.82, 2.24) is 20.7 Å². The molecule has 29 heavy (non-hydrogen) atoms. The molecule has 5 rings (SSSR count). The number of piperidine rings is 1. The van der Waals surface area contributed by atoms with Gasteiger partial charge in [0.15, 0.2) is 0 Å². The molecule has 2 N–H and O–H groups in total. The lowest BCUT2D eigenvalue weighted by Crippen LogP contribution is -2.47. The number of carbonyl (C=O) groups excluding carboxylic acids is 1. The molecule has 2 aromatic carbocycles. The number of amides is 1. The van der Waals surface area contributed by atoms with Crippen molar-refractivity contribution in [2.75, 3.05) is 13.1 Å². The SMILES string of the molecule is O=C(c1cccnc1)N1CCC2NNC(c3ccc(-c4ccccc4)cc3)C2C1. The van der Waals surface area contributed by atoms with Crippen LogP contribution >= 0.6 is 0 Å². The van der Waals surface area contributed by atoms with Crippen LogP contribution in [-0.4, -0.2) is 34.9 Å². The van der Waals surface area contributed by atoms with Gasteiger partial charge in [0, 0.05) is 37.4 Å². The van der Waals surface area contributed by atoms with E-state index in [1.165, 1.54) is 16.7 Å². The summed E-state index contributed by atoms with van der Waals surface area (Å²) in [5.41, 5.74) is 11.3. The monoisotopic (exact) mass is 384 g/mol. The maximum absolute atomic E-state index is 12.9. The van der Waals surface area contributed by atoms with Crippen molar-refractivity contribution >= 4 is 5.91 Å². The summed E-state index contributed by atoms with van der Waals surface area (Å²) in [6.07, 6.45) is 4.30. The number of carbonyl (C=O) groups is 1. The zero-order chi connectivity index (χ0) is 19.6. The number of pyridine rings is 1. The van der Waals surface area contributed by atoms with Crippen molar-refractivity contribution in [3.63, 3.8) is 0 Å². The van der Waals surface area contributed by atoms with Gasteiger partial charge in [0.1, 0.15) is 0 Å². The molecule has 2 saturated heterocycles. The fourth-order valence-electron chi connectivity index (χ4n) is 4.50. The summed E-state index contributed by atoms with van der Waals surface area (Å²) in [5, 5.41) is 0. The molecule has 1 amide bonds. The van der Waals surface area contributed by atoms with Gasteiger partial charge in [-0.25, -0.2) is 5.43 Å². The maximum atomic E-state index is 12.9. The summed E-state index contributed by atoms with van der Waals surface area (Å²) in [5.74, 6) is 0.411. The molecule has 3 unspecified atom stereocenters. The van der Waals surface area contributed by atoms with Gasteiger partial charge in [0.25, 0.3) is 5.91 Å². The van der Waals surface area contributed by atoms with Crippen molar-refractivity contribution in [2.45, 2.75) is 18.5 Å². The number of nitrogens with zero attached hydrogens (tertiary/aromatic N) is 2. The molecule has 5 nitrogen and oxygen atoms in total. The van der Waals surface area contributed by atoms with Crippen LogP contribution in [0.15, 0.2) is 79.1 Å². The molecule has 0 radical (unpaired) electrons. The second-order valence-corrected chi connectivity index (χ2v) is 7.81. The first-order valence-corrected chi connectivity index (χ1v) is 10.2. The Morgan fingerprint density at radius 2 is 1.72 bits per heavy atom. The van der Waals surface area contributed by atoms with Crippen molar-refractivity contribution in [3.05, 3.63) is 90.3 Å². The highest BCUT2D eigenvalue weighted by molar-refractivity contribution is 5.94. The van der Waals surface area contributed by atoms with Gasteiger partial charge >= 0.3 is 0 Å². The quantitative estimate of drug-likeness (QED) is 0.726. The Morgan fingerprint density at radius 1 is 0.931 bits per heavy atom. The Hall–Kier alpha value is -3.02. The fraction of sp³-hybridized carbons (Fsp3) is 0.250. The van der Waals surface area contributed by atoms with Gasteiger partial charge < -0.3 is 4.90 Å². The predicted molar refractivity (Wildman–Crippen MR) is 113 cm³/mol. The fourth-order valence-corrected chi connectivity index (χ4v) is 4.50. The Kier molecular flexibility index (Phi) is 4.84. The predicted octanol–water partition coefficient (Wildman–Crippen LogP) is 3.43. The lowest BCUT2D eigenvalue weighted by molar-refractivity contribution is 0.0652. The lowest BCUT2D eigenvalue weighted by atomic mass is 9.84. The minimum absolute atomic E-state index is 0.0709. The number of rotatable bonds is 3. The molecule has 0 bridgehead atoms. The Morgan fingerprint density at radius 3 is 2.48 bits per heavy atom. The van der Waals surface area contributed by atoms with Gasteiger partial charge in [-0.3, -0.25) is 15.2 Å². The normalized spacial score (nSPS) is 23.6. The van der Waals surface area contributed by atoms with Crippen LogP contribution in [0, 0.1) is 5.92 Å². The largest absolute Gasteiger partial charge is 0.338 e. The van der Waals surface area contributed by atoms with Gasteiger partial charge in [-0.2, -0.15) is 0 Å². The van der Waals surface area contributed by atoms with Gasteiger partial charge in [0.2, 0.25) is 0 Å². The molecule has 1 aromatic heterocycles. The van der Waals surface area contributed by atoms with Crippen molar-refractivity contribution in [3.8, 4) is 11.1 Å². The first-order valence-electron chi connectivity index (χ1n) is 10.2. The van der Waals surface area contributed by atoms with Crippen LogP contribution < -0.4 is 10.9 Å². The van der Waals surface area contributed by atoms with Crippen molar-refractivity contribution in [2.24, 2.45) is 5.92 Å². The highest BCUT2D eigenvalue weighted by Gasteiger charge is 2.41. The average molecular weight is 384 g/mol. The Labute approximate surface area is 170 Å². The van der Waals surface area contributed by atoms with Gasteiger partial charge in [-0.05, 0) is 35.2 Å². The van der Waals surface area contributed by atoms with Crippen LogP contribution in [0.25, 0.3) is 11.1 Å². The average Bonchev–Trinajstić information content (AvgIpc) is 3.23. The number of aromatic nitrogens is 1.